The number of nitrogens with zero attached hydrogens (tertiary/aromatic N) is 1. The molecule has 0 unspecified atom stereocenters. The minimum Gasteiger partial charge on any atom is -0.352 e. The Bertz CT molecular complexity index is 834. The highest BCUT2D eigenvalue weighted by Crippen LogP contribution is 2.21. The van der Waals surface area contributed by atoms with Gasteiger partial charge in [0.25, 0.3) is 5.91 Å². The van der Waals surface area contributed by atoms with Gasteiger partial charge in [-0.1, -0.05) is 6.07 Å². The third kappa shape index (κ3) is 4.18. The minimum absolute atomic E-state index is 0.125. The Morgan fingerprint density at radius 1 is 1.21 bits per heavy atom. The number of nitrogens with one attached hydrogen (secondary N) is 2. The molecule has 0 spiro atoms. The Labute approximate surface area is 142 Å². The van der Waals surface area contributed by atoms with Crippen LogP contribution < -0.4 is 10.0 Å². The average Bonchev–Trinajstić information content (AvgIpc) is 2.57. The van der Waals surface area contributed by atoms with Crippen molar-refractivity contribution >= 4 is 15.9 Å². The number of carbonyl (C=O) groups excluding carboxylic acids is 1. The average molecular weight is 347 g/mol. The van der Waals surface area contributed by atoms with Gasteiger partial charge in [0.1, 0.15) is 0 Å². The second kappa shape index (κ2) is 7.55. The topological polar surface area (TPSA) is 88.2 Å². The lowest BCUT2D eigenvalue weighted by atomic mass is 10.1. The number of hydrogen-bond donors (Lipinski definition) is 2. The van der Waals surface area contributed by atoms with Crippen molar-refractivity contribution in [2.75, 3.05) is 13.6 Å². The molecule has 0 saturated heterocycles. The Kier molecular flexibility index (Phi) is 5.69. The molecule has 0 aliphatic carbocycles. The first kappa shape index (κ1) is 18.1. The molecule has 1 heterocycles. The van der Waals surface area contributed by atoms with Crippen LogP contribution in [0.2, 0.25) is 0 Å². The van der Waals surface area contributed by atoms with E-state index in [1.54, 1.807) is 26.1 Å². The minimum atomic E-state index is -3.61. The van der Waals surface area contributed by atoms with E-state index in [1.165, 1.54) is 13.1 Å². The van der Waals surface area contributed by atoms with Gasteiger partial charge in [-0.25, -0.2) is 13.1 Å². The molecule has 2 rings (SSSR count). The van der Waals surface area contributed by atoms with Crippen molar-refractivity contribution in [3.8, 4) is 0 Å². The van der Waals surface area contributed by atoms with Crippen LogP contribution in [0.3, 0.4) is 0 Å². The van der Waals surface area contributed by atoms with E-state index in [2.05, 4.69) is 15.0 Å². The molecule has 0 fully saturated rings. The first-order valence-electron chi connectivity index (χ1n) is 7.58. The van der Waals surface area contributed by atoms with E-state index < -0.39 is 10.0 Å². The van der Waals surface area contributed by atoms with E-state index in [0.29, 0.717) is 24.1 Å². The molecule has 0 saturated carbocycles. The Hall–Kier alpha value is -2.25. The summed E-state index contributed by atoms with van der Waals surface area (Å²) in [5.74, 6) is -0.304. The van der Waals surface area contributed by atoms with Crippen molar-refractivity contribution in [2.24, 2.45) is 0 Å². The summed E-state index contributed by atoms with van der Waals surface area (Å²) in [7, 11) is -2.26. The van der Waals surface area contributed by atoms with Crippen LogP contribution in [0.25, 0.3) is 0 Å². The van der Waals surface area contributed by atoms with Gasteiger partial charge in [0, 0.05) is 30.4 Å². The highest BCUT2D eigenvalue weighted by atomic mass is 32.2. The Morgan fingerprint density at radius 2 is 1.96 bits per heavy atom. The number of sulfonamides is 1. The zero-order valence-electron chi connectivity index (χ0n) is 14.0. The lowest BCUT2D eigenvalue weighted by molar-refractivity contribution is 0.0953. The maximum absolute atomic E-state index is 12.3. The summed E-state index contributed by atoms with van der Waals surface area (Å²) in [4.78, 5) is 16.6. The zero-order valence-corrected chi connectivity index (χ0v) is 14.8. The monoisotopic (exact) mass is 347 g/mol. The van der Waals surface area contributed by atoms with E-state index in [1.807, 2.05) is 18.2 Å². The molecule has 2 N–H and O–H groups in total. The zero-order chi connectivity index (χ0) is 17.7. The number of hydrogen-bond acceptors (Lipinski definition) is 4. The number of rotatable bonds is 6. The fraction of sp³-hybridized carbons (Fsp3) is 0.294. The van der Waals surface area contributed by atoms with Crippen LogP contribution in [-0.2, 0) is 16.4 Å². The number of benzene rings is 1. The summed E-state index contributed by atoms with van der Waals surface area (Å²) >= 11 is 0. The number of pyridine rings is 1. The van der Waals surface area contributed by atoms with Crippen LogP contribution in [-0.4, -0.2) is 32.9 Å². The predicted octanol–water partition coefficient (Wildman–Crippen LogP) is 1.58. The Balaban J connectivity index is 2.15. The van der Waals surface area contributed by atoms with Crippen LogP contribution in [0.4, 0.5) is 0 Å². The van der Waals surface area contributed by atoms with Gasteiger partial charge < -0.3 is 5.32 Å². The third-order valence-corrected chi connectivity index (χ3v) is 5.37. The first-order chi connectivity index (χ1) is 11.3. The largest absolute Gasteiger partial charge is 0.352 e. The molecule has 2 aromatic rings. The van der Waals surface area contributed by atoms with E-state index in [0.717, 1.165) is 11.3 Å². The van der Waals surface area contributed by atoms with Gasteiger partial charge in [-0.15, -0.1) is 0 Å². The SMILES string of the molecule is CNS(=O)(=O)c1cc(C(=O)NCCc2ccccn2)cc(C)c1C. The third-order valence-electron chi connectivity index (χ3n) is 3.83. The molecule has 0 aliphatic heterocycles. The molecule has 1 aromatic carbocycles. The normalized spacial score (nSPS) is 11.3. The number of amides is 1. The fourth-order valence-electron chi connectivity index (χ4n) is 2.30. The van der Waals surface area contributed by atoms with E-state index in [4.69, 9.17) is 0 Å². The van der Waals surface area contributed by atoms with Crippen molar-refractivity contribution in [3.05, 3.63) is 58.9 Å². The highest BCUT2D eigenvalue weighted by molar-refractivity contribution is 7.89. The first-order valence-corrected chi connectivity index (χ1v) is 9.06. The van der Waals surface area contributed by atoms with Gasteiger partial charge in [-0.2, -0.15) is 0 Å². The molecule has 6 nitrogen and oxygen atoms in total. The van der Waals surface area contributed by atoms with Crippen molar-refractivity contribution in [1.82, 2.24) is 15.0 Å². The van der Waals surface area contributed by atoms with Crippen LogP contribution in [0.1, 0.15) is 27.2 Å². The lowest BCUT2D eigenvalue weighted by Gasteiger charge is -2.12. The van der Waals surface area contributed by atoms with Crippen molar-refractivity contribution in [2.45, 2.75) is 25.2 Å². The van der Waals surface area contributed by atoms with Crippen molar-refractivity contribution < 1.29 is 13.2 Å². The summed E-state index contributed by atoms with van der Waals surface area (Å²) in [6, 6.07) is 8.72. The number of carbonyl (C=O) groups is 1. The van der Waals surface area contributed by atoms with Gasteiger partial charge in [-0.05, 0) is 56.3 Å². The second-order valence-corrected chi connectivity index (χ2v) is 7.31. The molecule has 0 radical (unpaired) electrons. The number of aryl methyl sites for hydroxylation is 1. The quantitative estimate of drug-likeness (QED) is 0.830. The smallest absolute Gasteiger partial charge is 0.251 e. The van der Waals surface area contributed by atoms with Crippen molar-refractivity contribution in [1.29, 1.82) is 0 Å². The maximum Gasteiger partial charge on any atom is 0.251 e. The molecule has 0 bridgehead atoms. The summed E-state index contributed by atoms with van der Waals surface area (Å²) in [5.41, 5.74) is 2.60. The molecule has 7 heteroatoms. The van der Waals surface area contributed by atoms with Gasteiger partial charge in [0.15, 0.2) is 0 Å². The molecule has 0 atom stereocenters. The lowest BCUT2D eigenvalue weighted by Crippen LogP contribution is -2.27. The molecule has 1 amide bonds. The Morgan fingerprint density at radius 3 is 2.58 bits per heavy atom. The molecule has 24 heavy (non-hydrogen) atoms. The van der Waals surface area contributed by atoms with Crippen LogP contribution in [0.5, 0.6) is 0 Å². The van der Waals surface area contributed by atoms with E-state index in [-0.39, 0.29) is 10.8 Å². The summed E-state index contributed by atoms with van der Waals surface area (Å²) in [6.07, 6.45) is 2.31. The van der Waals surface area contributed by atoms with Gasteiger partial charge in [0.05, 0.1) is 4.90 Å². The highest BCUT2D eigenvalue weighted by Gasteiger charge is 2.19. The maximum atomic E-state index is 12.3. The van der Waals surface area contributed by atoms with Crippen molar-refractivity contribution in [3.63, 3.8) is 0 Å². The second-order valence-electron chi connectivity index (χ2n) is 5.45. The van der Waals surface area contributed by atoms with Crippen LogP contribution in [0.15, 0.2) is 41.4 Å². The van der Waals surface area contributed by atoms with Crippen LogP contribution in [0, 0.1) is 13.8 Å². The summed E-state index contributed by atoms with van der Waals surface area (Å²) < 4.78 is 26.5. The van der Waals surface area contributed by atoms with Gasteiger partial charge >= 0.3 is 0 Å². The predicted molar refractivity (Wildman–Crippen MR) is 92.4 cm³/mol. The molecule has 0 aliphatic rings. The molecular formula is C17H21N3O3S. The van der Waals surface area contributed by atoms with Gasteiger partial charge in [-0.3, -0.25) is 9.78 Å². The van der Waals surface area contributed by atoms with E-state index >= 15 is 0 Å². The molecule has 128 valence electrons. The summed E-state index contributed by atoms with van der Waals surface area (Å²) in [5, 5.41) is 2.80. The van der Waals surface area contributed by atoms with Crippen LogP contribution >= 0.6 is 0 Å². The molecular weight excluding hydrogens is 326 g/mol. The summed E-state index contributed by atoms with van der Waals surface area (Å²) in [6.45, 7) is 3.94. The van der Waals surface area contributed by atoms with Gasteiger partial charge in [0.2, 0.25) is 10.0 Å². The number of aromatic nitrogens is 1. The fourth-order valence-corrected chi connectivity index (χ4v) is 3.37. The standard InChI is InChI=1S/C17H21N3O3S/c1-12-10-14(11-16(13(12)2)24(22,23)18-3)17(21)20-9-7-15-6-4-5-8-19-15/h4-6,8,10-11,18H,7,9H2,1-3H3,(H,20,21). The van der Waals surface area contributed by atoms with E-state index in [9.17, 15) is 13.2 Å². The molecule has 1 aromatic heterocycles.